The Balaban J connectivity index is 2.16. The van der Waals surface area contributed by atoms with Crippen molar-refractivity contribution in [3.8, 4) is 0 Å². The first-order valence-corrected chi connectivity index (χ1v) is 9.55. The minimum absolute atomic E-state index is 0.0612. The van der Waals surface area contributed by atoms with E-state index in [-0.39, 0.29) is 6.04 Å². The van der Waals surface area contributed by atoms with Gasteiger partial charge in [0, 0.05) is 17.5 Å². The quantitative estimate of drug-likeness (QED) is 0.878. The minimum Gasteiger partial charge on any atom is -0.315 e. The van der Waals surface area contributed by atoms with E-state index in [9.17, 15) is 8.42 Å². The standard InChI is InChI=1S/C14H24N2O2S2/c1-10-5-4-6-12(11(10)2)16-20(17,18)14-7-8-19-13(14)9-15-3/h7-8,10-12,15-16H,4-6,9H2,1-3H3. The first-order chi connectivity index (χ1) is 9.45. The van der Waals surface area contributed by atoms with Gasteiger partial charge in [-0.2, -0.15) is 0 Å². The van der Waals surface area contributed by atoms with Crippen molar-refractivity contribution in [1.29, 1.82) is 0 Å². The monoisotopic (exact) mass is 316 g/mol. The number of hydrogen-bond donors (Lipinski definition) is 2. The molecule has 0 aromatic carbocycles. The van der Waals surface area contributed by atoms with E-state index in [1.54, 1.807) is 6.07 Å². The highest BCUT2D eigenvalue weighted by Crippen LogP contribution is 2.31. The molecule has 3 unspecified atom stereocenters. The predicted octanol–water partition coefficient (Wildman–Crippen LogP) is 2.57. The maximum absolute atomic E-state index is 12.6. The highest BCUT2D eigenvalue weighted by atomic mass is 32.2. The molecule has 1 aromatic rings. The highest BCUT2D eigenvalue weighted by molar-refractivity contribution is 7.89. The number of thiophene rings is 1. The van der Waals surface area contributed by atoms with Crippen molar-refractivity contribution in [2.24, 2.45) is 11.8 Å². The summed E-state index contributed by atoms with van der Waals surface area (Å²) in [4.78, 5) is 1.30. The summed E-state index contributed by atoms with van der Waals surface area (Å²) in [7, 11) is -1.58. The smallest absolute Gasteiger partial charge is 0.241 e. The molecule has 0 amide bonds. The lowest BCUT2D eigenvalue weighted by molar-refractivity contribution is 0.227. The van der Waals surface area contributed by atoms with Crippen molar-refractivity contribution >= 4 is 21.4 Å². The van der Waals surface area contributed by atoms with Crippen molar-refractivity contribution in [1.82, 2.24) is 10.0 Å². The number of hydrogen-bond acceptors (Lipinski definition) is 4. The van der Waals surface area contributed by atoms with Crippen molar-refractivity contribution < 1.29 is 8.42 Å². The zero-order valence-electron chi connectivity index (χ0n) is 12.3. The van der Waals surface area contributed by atoms with Gasteiger partial charge in [0.1, 0.15) is 0 Å². The summed E-state index contributed by atoms with van der Waals surface area (Å²) in [6.45, 7) is 4.95. The van der Waals surface area contributed by atoms with E-state index in [2.05, 4.69) is 23.9 Å². The SMILES string of the molecule is CNCc1sccc1S(=O)(=O)NC1CCCC(C)C1C. The van der Waals surface area contributed by atoms with Crippen LogP contribution in [0.5, 0.6) is 0 Å². The van der Waals surface area contributed by atoms with Crippen LogP contribution in [-0.4, -0.2) is 21.5 Å². The maximum Gasteiger partial charge on any atom is 0.241 e. The normalized spacial score (nSPS) is 27.6. The molecule has 20 heavy (non-hydrogen) atoms. The number of rotatable bonds is 5. The van der Waals surface area contributed by atoms with E-state index in [0.29, 0.717) is 23.3 Å². The number of nitrogens with one attached hydrogen (secondary N) is 2. The molecular weight excluding hydrogens is 292 g/mol. The molecule has 4 nitrogen and oxygen atoms in total. The van der Waals surface area contributed by atoms with Crippen molar-refractivity contribution in [3.63, 3.8) is 0 Å². The summed E-state index contributed by atoms with van der Waals surface area (Å²) in [5, 5.41) is 4.86. The topological polar surface area (TPSA) is 58.2 Å². The van der Waals surface area contributed by atoms with Gasteiger partial charge in [0.05, 0.1) is 4.90 Å². The van der Waals surface area contributed by atoms with Gasteiger partial charge in [-0.25, -0.2) is 13.1 Å². The Morgan fingerprint density at radius 2 is 2.10 bits per heavy atom. The third kappa shape index (κ3) is 3.42. The molecule has 0 spiro atoms. The lowest BCUT2D eigenvalue weighted by Crippen LogP contribution is -2.43. The van der Waals surface area contributed by atoms with Crippen LogP contribution < -0.4 is 10.0 Å². The minimum atomic E-state index is -3.41. The second-order valence-electron chi connectivity index (χ2n) is 5.73. The summed E-state index contributed by atoms with van der Waals surface area (Å²) in [5.74, 6) is 0.973. The molecule has 0 aliphatic heterocycles. The van der Waals surface area contributed by atoms with Crippen LogP contribution in [0, 0.1) is 11.8 Å². The van der Waals surface area contributed by atoms with E-state index in [0.717, 1.165) is 17.7 Å². The molecule has 1 fully saturated rings. The summed E-state index contributed by atoms with van der Waals surface area (Å²) < 4.78 is 28.1. The lowest BCUT2D eigenvalue weighted by Gasteiger charge is -2.34. The van der Waals surface area contributed by atoms with Crippen LogP contribution in [0.15, 0.2) is 16.3 Å². The largest absolute Gasteiger partial charge is 0.315 e. The first-order valence-electron chi connectivity index (χ1n) is 7.19. The molecule has 2 rings (SSSR count). The second kappa shape index (κ2) is 6.56. The molecular formula is C14H24N2O2S2. The van der Waals surface area contributed by atoms with Gasteiger partial charge in [0.25, 0.3) is 0 Å². The van der Waals surface area contributed by atoms with Crippen LogP contribution in [0.25, 0.3) is 0 Å². The molecule has 1 aromatic heterocycles. The molecule has 6 heteroatoms. The van der Waals surface area contributed by atoms with E-state index < -0.39 is 10.0 Å². The van der Waals surface area contributed by atoms with E-state index in [1.807, 2.05) is 12.4 Å². The molecule has 0 bridgehead atoms. The predicted molar refractivity (Wildman–Crippen MR) is 83.4 cm³/mol. The average molecular weight is 316 g/mol. The van der Waals surface area contributed by atoms with Crippen LogP contribution >= 0.6 is 11.3 Å². The van der Waals surface area contributed by atoms with Crippen molar-refractivity contribution in [3.05, 3.63) is 16.3 Å². The molecule has 0 radical (unpaired) electrons. The van der Waals surface area contributed by atoms with Gasteiger partial charge in [-0.15, -0.1) is 11.3 Å². The van der Waals surface area contributed by atoms with Crippen LogP contribution in [0.1, 0.15) is 38.0 Å². The molecule has 1 aliphatic carbocycles. The summed E-state index contributed by atoms with van der Waals surface area (Å²) in [5.41, 5.74) is 0. The molecule has 1 saturated carbocycles. The third-order valence-corrected chi connectivity index (χ3v) is 6.97. The fourth-order valence-corrected chi connectivity index (χ4v) is 5.69. The third-order valence-electron chi connectivity index (χ3n) is 4.34. The summed E-state index contributed by atoms with van der Waals surface area (Å²) in [6, 6.07) is 1.77. The Labute approximate surface area is 126 Å². The Hall–Kier alpha value is -0.430. The highest BCUT2D eigenvalue weighted by Gasteiger charge is 2.31. The van der Waals surface area contributed by atoms with Gasteiger partial charge in [0.2, 0.25) is 10.0 Å². The average Bonchev–Trinajstić information content (AvgIpc) is 2.84. The fraction of sp³-hybridized carbons (Fsp3) is 0.714. The molecule has 114 valence electrons. The van der Waals surface area contributed by atoms with Gasteiger partial charge in [-0.3, -0.25) is 0 Å². The molecule has 1 heterocycles. The fourth-order valence-electron chi connectivity index (χ4n) is 2.87. The first kappa shape index (κ1) is 15.9. The van der Waals surface area contributed by atoms with Crippen molar-refractivity contribution in [2.45, 2.75) is 50.6 Å². The van der Waals surface area contributed by atoms with E-state index in [1.165, 1.54) is 17.8 Å². The summed E-state index contributed by atoms with van der Waals surface area (Å²) in [6.07, 6.45) is 3.24. The van der Waals surface area contributed by atoms with E-state index >= 15 is 0 Å². The van der Waals surface area contributed by atoms with Gasteiger partial charge < -0.3 is 5.32 Å². The van der Waals surface area contributed by atoms with Gasteiger partial charge in [0.15, 0.2) is 0 Å². The summed E-state index contributed by atoms with van der Waals surface area (Å²) >= 11 is 1.48. The zero-order valence-corrected chi connectivity index (χ0v) is 14.0. The van der Waals surface area contributed by atoms with Crippen LogP contribution in [0.2, 0.25) is 0 Å². The van der Waals surface area contributed by atoms with Gasteiger partial charge in [-0.05, 0) is 36.8 Å². The van der Waals surface area contributed by atoms with Crippen LogP contribution in [0.4, 0.5) is 0 Å². The maximum atomic E-state index is 12.6. The molecule has 0 saturated heterocycles. The Kier molecular flexibility index (Phi) is 5.23. The molecule has 3 atom stereocenters. The lowest BCUT2D eigenvalue weighted by atomic mass is 9.78. The van der Waals surface area contributed by atoms with Crippen molar-refractivity contribution in [2.75, 3.05) is 7.05 Å². The Morgan fingerprint density at radius 3 is 2.80 bits per heavy atom. The van der Waals surface area contributed by atoms with E-state index in [4.69, 9.17) is 0 Å². The second-order valence-corrected chi connectivity index (χ2v) is 8.42. The van der Waals surface area contributed by atoms with Gasteiger partial charge >= 0.3 is 0 Å². The molecule has 2 N–H and O–H groups in total. The van der Waals surface area contributed by atoms with Crippen LogP contribution in [0.3, 0.4) is 0 Å². The molecule has 1 aliphatic rings. The van der Waals surface area contributed by atoms with Crippen LogP contribution in [-0.2, 0) is 16.6 Å². The Morgan fingerprint density at radius 1 is 1.35 bits per heavy atom. The Bertz CT molecular complexity index is 539. The number of sulfonamides is 1. The zero-order chi connectivity index (χ0) is 14.8. The van der Waals surface area contributed by atoms with Gasteiger partial charge in [-0.1, -0.05) is 26.7 Å².